The number of benzene rings is 1. The first kappa shape index (κ1) is 10.6. The van der Waals surface area contributed by atoms with Crippen molar-refractivity contribution in [1.29, 1.82) is 0 Å². The average Bonchev–Trinajstić information content (AvgIpc) is 2.15. The van der Waals surface area contributed by atoms with Gasteiger partial charge in [-0.3, -0.25) is 0 Å². The quantitative estimate of drug-likeness (QED) is 0.537. The van der Waals surface area contributed by atoms with Gasteiger partial charge in [-0.2, -0.15) is 0 Å². The summed E-state index contributed by atoms with van der Waals surface area (Å²) in [5.74, 6) is 5.50. The van der Waals surface area contributed by atoms with Crippen molar-refractivity contribution in [2.45, 2.75) is 5.88 Å². The number of rotatable bonds is 1. The number of hydrogen-bond acceptors (Lipinski definition) is 0. The molecule has 0 saturated carbocycles. The van der Waals surface area contributed by atoms with E-state index in [0.29, 0.717) is 16.5 Å². The molecule has 13 heavy (non-hydrogen) atoms. The fraction of sp³-hybridized carbons (Fsp3) is 0.200. The summed E-state index contributed by atoms with van der Waals surface area (Å²) in [6.07, 6.45) is 0. The highest BCUT2D eigenvalue weighted by Gasteiger charge is 1.99. The van der Waals surface area contributed by atoms with Gasteiger partial charge in [0.25, 0.3) is 0 Å². The van der Waals surface area contributed by atoms with Crippen LogP contribution in [0.15, 0.2) is 18.2 Å². The average molecular weight is 262 g/mol. The number of halogens is 3. The molecule has 0 heterocycles. The van der Waals surface area contributed by atoms with Crippen LogP contribution < -0.4 is 0 Å². The van der Waals surface area contributed by atoms with Crippen LogP contribution in [0, 0.1) is 17.7 Å². The van der Waals surface area contributed by atoms with E-state index in [0.717, 1.165) is 0 Å². The summed E-state index contributed by atoms with van der Waals surface area (Å²) in [4.78, 5) is 0. The summed E-state index contributed by atoms with van der Waals surface area (Å²) in [6, 6.07) is 4.81. The molecule has 0 bridgehead atoms. The third-order valence-electron chi connectivity index (χ3n) is 1.50. The maximum atomic E-state index is 13.1. The molecule has 1 rings (SSSR count). The van der Waals surface area contributed by atoms with E-state index in [-0.39, 0.29) is 11.7 Å². The Bertz CT molecular complexity index is 352. The maximum absolute atomic E-state index is 13.1. The van der Waals surface area contributed by atoms with Gasteiger partial charge in [-0.1, -0.05) is 33.8 Å². The summed E-state index contributed by atoms with van der Waals surface area (Å²) in [5, 5.41) is 0.589. The van der Waals surface area contributed by atoms with Gasteiger partial charge < -0.3 is 0 Å². The third kappa shape index (κ3) is 3.02. The van der Waals surface area contributed by atoms with Gasteiger partial charge in [0.1, 0.15) is 5.82 Å². The Morgan fingerprint density at radius 1 is 1.46 bits per heavy atom. The fourth-order valence-corrected chi connectivity index (χ4v) is 1.23. The van der Waals surface area contributed by atoms with Crippen LogP contribution in [0.2, 0.25) is 0 Å². The van der Waals surface area contributed by atoms with Gasteiger partial charge in [-0.15, -0.1) is 11.6 Å². The Morgan fingerprint density at radius 2 is 2.23 bits per heavy atom. The van der Waals surface area contributed by atoms with E-state index in [4.69, 9.17) is 11.6 Å². The molecule has 1 aromatic rings. The highest BCUT2D eigenvalue weighted by atomic mass is 79.9. The van der Waals surface area contributed by atoms with Gasteiger partial charge >= 0.3 is 0 Å². The Kier molecular flexibility index (Phi) is 4.27. The van der Waals surface area contributed by atoms with Crippen molar-refractivity contribution >= 4 is 27.5 Å². The van der Waals surface area contributed by atoms with E-state index in [1.165, 1.54) is 6.07 Å². The van der Waals surface area contributed by atoms with Crippen molar-refractivity contribution in [3.05, 3.63) is 35.1 Å². The second-order valence-electron chi connectivity index (χ2n) is 2.38. The van der Waals surface area contributed by atoms with Crippen molar-refractivity contribution in [3.63, 3.8) is 0 Å². The first-order valence-electron chi connectivity index (χ1n) is 3.67. The van der Waals surface area contributed by atoms with Crippen molar-refractivity contribution < 1.29 is 4.39 Å². The fourth-order valence-electron chi connectivity index (χ4n) is 0.869. The van der Waals surface area contributed by atoms with E-state index in [1.54, 1.807) is 12.1 Å². The lowest BCUT2D eigenvalue weighted by Gasteiger charge is -1.97. The van der Waals surface area contributed by atoms with Crippen molar-refractivity contribution in [2.24, 2.45) is 0 Å². The molecule has 68 valence electrons. The van der Waals surface area contributed by atoms with Crippen LogP contribution in [-0.4, -0.2) is 5.33 Å². The highest BCUT2D eigenvalue weighted by molar-refractivity contribution is 9.09. The SMILES string of the molecule is Fc1cc(C#CCBr)ccc1CCl. The summed E-state index contributed by atoms with van der Waals surface area (Å²) < 4.78 is 13.1. The zero-order valence-electron chi connectivity index (χ0n) is 6.78. The molecular formula is C10H7BrClF. The summed E-state index contributed by atoms with van der Waals surface area (Å²) in [7, 11) is 0. The number of hydrogen-bond donors (Lipinski definition) is 0. The second kappa shape index (κ2) is 5.26. The van der Waals surface area contributed by atoms with Crippen molar-refractivity contribution in [2.75, 3.05) is 5.33 Å². The molecular weight excluding hydrogens is 254 g/mol. The van der Waals surface area contributed by atoms with E-state index in [2.05, 4.69) is 27.8 Å². The molecule has 0 aliphatic rings. The van der Waals surface area contributed by atoms with Crippen LogP contribution in [0.25, 0.3) is 0 Å². The predicted molar refractivity (Wildman–Crippen MR) is 56.6 cm³/mol. The molecule has 0 unspecified atom stereocenters. The summed E-state index contributed by atoms with van der Waals surface area (Å²) >= 11 is 8.67. The molecule has 0 nitrogen and oxygen atoms in total. The first-order chi connectivity index (χ1) is 6.27. The van der Waals surface area contributed by atoms with Gasteiger partial charge in [0, 0.05) is 11.1 Å². The molecule has 0 amide bonds. The molecule has 0 spiro atoms. The van der Waals surface area contributed by atoms with Gasteiger partial charge in [-0.05, 0) is 12.1 Å². The minimum atomic E-state index is -0.295. The largest absolute Gasteiger partial charge is 0.207 e. The molecule has 0 saturated heterocycles. The van der Waals surface area contributed by atoms with E-state index in [9.17, 15) is 4.39 Å². The van der Waals surface area contributed by atoms with E-state index < -0.39 is 0 Å². The molecule has 0 aromatic heterocycles. The third-order valence-corrected chi connectivity index (χ3v) is 2.06. The molecule has 0 N–H and O–H groups in total. The van der Waals surface area contributed by atoms with Gasteiger partial charge in [0.2, 0.25) is 0 Å². The minimum Gasteiger partial charge on any atom is -0.207 e. The normalized spacial score (nSPS) is 9.15. The molecule has 0 aliphatic heterocycles. The van der Waals surface area contributed by atoms with Crippen LogP contribution in [0.1, 0.15) is 11.1 Å². The second-order valence-corrected chi connectivity index (χ2v) is 3.20. The van der Waals surface area contributed by atoms with Crippen LogP contribution in [0.5, 0.6) is 0 Å². The monoisotopic (exact) mass is 260 g/mol. The molecule has 0 aliphatic carbocycles. The van der Waals surface area contributed by atoms with Gasteiger partial charge in [0.15, 0.2) is 0 Å². The van der Waals surface area contributed by atoms with E-state index in [1.807, 2.05) is 0 Å². The maximum Gasteiger partial charge on any atom is 0.128 e. The lowest BCUT2D eigenvalue weighted by molar-refractivity contribution is 0.616. The van der Waals surface area contributed by atoms with Gasteiger partial charge in [0.05, 0.1) is 11.2 Å². The lowest BCUT2D eigenvalue weighted by Crippen LogP contribution is -1.87. The van der Waals surface area contributed by atoms with Crippen molar-refractivity contribution in [3.8, 4) is 11.8 Å². The van der Waals surface area contributed by atoms with E-state index >= 15 is 0 Å². The highest BCUT2D eigenvalue weighted by Crippen LogP contribution is 2.11. The Hall–Kier alpha value is -0.520. The first-order valence-corrected chi connectivity index (χ1v) is 5.32. The smallest absolute Gasteiger partial charge is 0.128 e. The summed E-state index contributed by atoms with van der Waals surface area (Å²) in [6.45, 7) is 0. The van der Waals surface area contributed by atoms with Crippen molar-refractivity contribution in [1.82, 2.24) is 0 Å². The topological polar surface area (TPSA) is 0 Å². The predicted octanol–water partition coefficient (Wildman–Crippen LogP) is 3.31. The summed E-state index contributed by atoms with van der Waals surface area (Å²) in [5.41, 5.74) is 1.18. The Balaban J connectivity index is 2.96. The zero-order valence-corrected chi connectivity index (χ0v) is 9.12. The lowest BCUT2D eigenvalue weighted by atomic mass is 10.1. The molecule has 1 aromatic carbocycles. The van der Waals surface area contributed by atoms with Crippen LogP contribution in [0.3, 0.4) is 0 Å². The standard InChI is InChI=1S/C10H7BrClF/c11-5-1-2-8-3-4-9(7-12)10(13)6-8/h3-4,6H,5,7H2. The molecule has 0 atom stereocenters. The Morgan fingerprint density at radius 3 is 2.77 bits per heavy atom. The number of alkyl halides is 2. The molecule has 0 radical (unpaired) electrons. The Labute approximate surface area is 90.2 Å². The van der Waals surface area contributed by atoms with Gasteiger partial charge in [-0.25, -0.2) is 4.39 Å². The van der Waals surface area contributed by atoms with Crippen LogP contribution in [-0.2, 0) is 5.88 Å². The van der Waals surface area contributed by atoms with Crippen LogP contribution in [0.4, 0.5) is 4.39 Å². The van der Waals surface area contributed by atoms with Crippen LogP contribution >= 0.6 is 27.5 Å². The molecule has 3 heteroatoms. The molecule has 0 fully saturated rings. The zero-order chi connectivity index (χ0) is 9.68. The minimum absolute atomic E-state index is 0.192.